The van der Waals surface area contributed by atoms with Gasteiger partial charge < -0.3 is 23.7 Å². The van der Waals surface area contributed by atoms with E-state index < -0.39 is 0 Å². The lowest BCUT2D eigenvalue weighted by Crippen LogP contribution is -2.40. The van der Waals surface area contributed by atoms with Crippen LogP contribution in [-0.2, 0) is 14.3 Å². The minimum atomic E-state index is -0.253. The van der Waals surface area contributed by atoms with Gasteiger partial charge in [0.05, 0.1) is 34.4 Å². The van der Waals surface area contributed by atoms with Crippen molar-refractivity contribution in [1.82, 2.24) is 0 Å². The van der Waals surface area contributed by atoms with E-state index in [1.807, 2.05) is 30.4 Å². The van der Waals surface area contributed by atoms with Crippen molar-refractivity contribution in [3.8, 4) is 17.2 Å². The molecule has 0 bridgehead atoms. The molecule has 1 atom stereocenters. The third kappa shape index (κ3) is 3.52. The molecule has 0 radical (unpaired) electrons. The lowest BCUT2D eigenvalue weighted by Gasteiger charge is -2.27. The first-order chi connectivity index (χ1) is 13.1. The van der Waals surface area contributed by atoms with E-state index in [1.54, 1.807) is 28.3 Å². The molecular weight excluding hydrogens is 348 g/mol. The summed E-state index contributed by atoms with van der Waals surface area (Å²) in [6.07, 6.45) is 8.28. The summed E-state index contributed by atoms with van der Waals surface area (Å²) in [5, 5.41) is 1.73. The first-order valence-electron chi connectivity index (χ1n) is 8.88. The molecule has 0 saturated heterocycles. The SMILES string of the molecule is CCOC(=O)CCC1=c2cc(OC)c(OC)c(OC)c2=C2C=CC=CC2O1. The first kappa shape index (κ1) is 18.9. The summed E-state index contributed by atoms with van der Waals surface area (Å²) in [6, 6.07) is 1.87. The molecule has 0 spiro atoms. The Morgan fingerprint density at radius 3 is 2.56 bits per heavy atom. The van der Waals surface area contributed by atoms with E-state index in [1.165, 1.54) is 0 Å². The monoisotopic (exact) mass is 372 g/mol. The molecule has 1 heterocycles. The van der Waals surface area contributed by atoms with Gasteiger partial charge in [-0.1, -0.05) is 18.2 Å². The lowest BCUT2D eigenvalue weighted by atomic mass is 9.96. The molecule has 0 saturated carbocycles. The number of hydrogen-bond donors (Lipinski definition) is 0. The van der Waals surface area contributed by atoms with Crippen molar-refractivity contribution in [2.75, 3.05) is 27.9 Å². The van der Waals surface area contributed by atoms with Crippen LogP contribution < -0.4 is 24.6 Å². The summed E-state index contributed by atoms with van der Waals surface area (Å²) in [6.45, 7) is 2.15. The fraction of sp³-hybridized carbons (Fsp3) is 0.381. The van der Waals surface area contributed by atoms with Gasteiger partial charge in [0.2, 0.25) is 5.75 Å². The molecule has 6 heteroatoms. The third-order valence-electron chi connectivity index (χ3n) is 4.53. The van der Waals surface area contributed by atoms with Crippen LogP contribution in [0.1, 0.15) is 19.8 Å². The van der Waals surface area contributed by atoms with Crippen LogP contribution in [0.3, 0.4) is 0 Å². The van der Waals surface area contributed by atoms with Crippen LogP contribution in [-0.4, -0.2) is 40.0 Å². The maximum Gasteiger partial charge on any atom is 0.306 e. The third-order valence-corrected chi connectivity index (χ3v) is 4.53. The number of fused-ring (bicyclic) bond motifs is 2. The van der Waals surface area contributed by atoms with Gasteiger partial charge in [-0.3, -0.25) is 4.79 Å². The van der Waals surface area contributed by atoms with Crippen LogP contribution in [0.5, 0.6) is 17.2 Å². The van der Waals surface area contributed by atoms with Crippen LogP contribution in [0.25, 0.3) is 11.3 Å². The van der Waals surface area contributed by atoms with Crippen molar-refractivity contribution in [2.24, 2.45) is 0 Å². The highest BCUT2D eigenvalue weighted by Crippen LogP contribution is 2.35. The van der Waals surface area contributed by atoms with Crippen molar-refractivity contribution in [3.05, 3.63) is 40.8 Å². The molecule has 1 aliphatic carbocycles. The zero-order valence-corrected chi connectivity index (χ0v) is 16.0. The topological polar surface area (TPSA) is 63.2 Å². The Morgan fingerprint density at radius 1 is 1.11 bits per heavy atom. The largest absolute Gasteiger partial charge is 0.493 e. The summed E-state index contributed by atoms with van der Waals surface area (Å²) >= 11 is 0. The van der Waals surface area contributed by atoms with Crippen molar-refractivity contribution in [1.29, 1.82) is 0 Å². The fourth-order valence-electron chi connectivity index (χ4n) is 3.37. The number of esters is 1. The number of rotatable bonds is 7. The Balaban J connectivity index is 2.25. The smallest absolute Gasteiger partial charge is 0.306 e. The van der Waals surface area contributed by atoms with E-state index in [-0.39, 0.29) is 18.5 Å². The van der Waals surface area contributed by atoms with Crippen LogP contribution >= 0.6 is 0 Å². The Morgan fingerprint density at radius 2 is 1.89 bits per heavy atom. The molecule has 3 rings (SSSR count). The molecular formula is C21H24O6. The van der Waals surface area contributed by atoms with Gasteiger partial charge in [-0.05, 0) is 19.1 Å². The Hall–Kier alpha value is -2.89. The highest BCUT2D eigenvalue weighted by molar-refractivity contribution is 5.75. The van der Waals surface area contributed by atoms with Gasteiger partial charge in [0, 0.05) is 22.4 Å². The highest BCUT2D eigenvalue weighted by Gasteiger charge is 2.27. The van der Waals surface area contributed by atoms with Gasteiger partial charge in [-0.15, -0.1) is 0 Å². The highest BCUT2D eigenvalue weighted by atomic mass is 16.5. The second kappa shape index (κ2) is 8.20. The molecule has 144 valence electrons. The molecule has 1 aliphatic heterocycles. The Labute approximate surface area is 158 Å². The minimum absolute atomic E-state index is 0.237. The Bertz CT molecular complexity index is 910. The molecule has 6 nitrogen and oxygen atoms in total. The average Bonchev–Trinajstić information content (AvgIpc) is 2.70. The van der Waals surface area contributed by atoms with E-state index in [2.05, 4.69) is 0 Å². The predicted octanol–water partition coefficient (Wildman–Crippen LogP) is 1.84. The maximum atomic E-state index is 11.8. The van der Waals surface area contributed by atoms with E-state index in [9.17, 15) is 4.79 Å². The molecule has 0 fully saturated rings. The van der Waals surface area contributed by atoms with Gasteiger partial charge in [-0.25, -0.2) is 0 Å². The molecule has 0 N–H and O–H groups in total. The molecule has 0 amide bonds. The number of benzene rings is 1. The summed E-state index contributed by atoms with van der Waals surface area (Å²) in [4.78, 5) is 11.8. The van der Waals surface area contributed by atoms with E-state index in [0.717, 1.165) is 16.0 Å². The van der Waals surface area contributed by atoms with E-state index in [4.69, 9.17) is 23.7 Å². The number of ether oxygens (including phenoxy) is 5. The fourth-order valence-corrected chi connectivity index (χ4v) is 3.37. The standard InChI is InChI=1S/C21H24O6/c1-5-26-18(22)11-10-16-14-12-17(23-2)20(24-3)21(25-4)19(14)13-8-6-7-9-15(13)27-16/h6-9,12,15H,5,10-11H2,1-4H3. The van der Waals surface area contributed by atoms with Gasteiger partial charge in [0.25, 0.3) is 0 Å². The Kier molecular flexibility index (Phi) is 5.74. The first-order valence-corrected chi connectivity index (χ1v) is 8.88. The number of methoxy groups -OCH3 is 3. The normalized spacial score (nSPS) is 17.0. The van der Waals surface area contributed by atoms with Crippen molar-refractivity contribution < 1.29 is 28.5 Å². The molecule has 0 aromatic heterocycles. The molecule has 1 aromatic rings. The van der Waals surface area contributed by atoms with E-state index in [0.29, 0.717) is 36.0 Å². The zero-order valence-electron chi connectivity index (χ0n) is 16.0. The van der Waals surface area contributed by atoms with Crippen molar-refractivity contribution in [2.45, 2.75) is 25.9 Å². The number of allylic oxidation sites excluding steroid dienone is 2. The zero-order chi connectivity index (χ0) is 19.4. The second-order valence-corrected chi connectivity index (χ2v) is 6.03. The molecule has 27 heavy (non-hydrogen) atoms. The summed E-state index contributed by atoms with van der Waals surface area (Å²) in [7, 11) is 4.75. The molecule has 2 aliphatic rings. The average molecular weight is 372 g/mol. The summed E-state index contributed by atoms with van der Waals surface area (Å²) in [5.74, 6) is 2.10. The van der Waals surface area contributed by atoms with Crippen LogP contribution in [0.2, 0.25) is 0 Å². The van der Waals surface area contributed by atoms with Crippen molar-refractivity contribution in [3.63, 3.8) is 0 Å². The lowest BCUT2D eigenvalue weighted by molar-refractivity contribution is -0.143. The quantitative estimate of drug-likeness (QED) is 0.681. The van der Waals surface area contributed by atoms with Crippen molar-refractivity contribution >= 4 is 17.3 Å². The predicted molar refractivity (Wildman–Crippen MR) is 101 cm³/mol. The van der Waals surface area contributed by atoms with Crippen LogP contribution in [0.15, 0.2) is 30.4 Å². The number of carbonyl (C=O) groups excluding carboxylic acids is 1. The summed E-state index contributed by atoms with van der Waals surface area (Å²) < 4.78 is 28.0. The summed E-state index contributed by atoms with van der Waals surface area (Å²) in [5.41, 5.74) is 0.977. The van der Waals surface area contributed by atoms with Gasteiger partial charge in [0.1, 0.15) is 11.9 Å². The second-order valence-electron chi connectivity index (χ2n) is 6.03. The van der Waals surface area contributed by atoms with Crippen LogP contribution in [0.4, 0.5) is 0 Å². The molecule has 1 aromatic carbocycles. The minimum Gasteiger partial charge on any atom is -0.493 e. The number of hydrogen-bond acceptors (Lipinski definition) is 6. The van der Waals surface area contributed by atoms with Gasteiger partial charge in [0.15, 0.2) is 11.5 Å². The van der Waals surface area contributed by atoms with Crippen LogP contribution in [0, 0.1) is 0 Å². The van der Waals surface area contributed by atoms with Gasteiger partial charge >= 0.3 is 5.97 Å². The van der Waals surface area contributed by atoms with Gasteiger partial charge in [-0.2, -0.15) is 0 Å². The van der Waals surface area contributed by atoms with E-state index >= 15 is 0 Å². The maximum absolute atomic E-state index is 11.8. The molecule has 1 unspecified atom stereocenters. The number of carbonyl (C=O) groups is 1.